The molecule has 3 aliphatic rings. The molecule has 0 spiro atoms. The Balaban J connectivity index is 1.49. The number of nitrogens with zero attached hydrogens (tertiary/aromatic N) is 4. The maximum absolute atomic E-state index is 4.48. The van der Waals surface area contributed by atoms with Gasteiger partial charge in [-0.1, -0.05) is 55.5 Å². The summed E-state index contributed by atoms with van der Waals surface area (Å²) < 4.78 is 0. The Labute approximate surface area is 148 Å². The number of benzene rings is 1. The van der Waals surface area contributed by atoms with Crippen molar-refractivity contribution in [2.75, 3.05) is 24.5 Å². The van der Waals surface area contributed by atoms with Crippen LogP contribution in [0.2, 0.25) is 0 Å². The molecule has 0 saturated carbocycles. The van der Waals surface area contributed by atoms with Crippen LogP contribution >= 0.6 is 11.3 Å². The quantitative estimate of drug-likeness (QED) is 0.847. The van der Waals surface area contributed by atoms with Crippen LogP contribution in [0.25, 0.3) is 0 Å². The van der Waals surface area contributed by atoms with Crippen LogP contribution in [0.3, 0.4) is 0 Å². The summed E-state index contributed by atoms with van der Waals surface area (Å²) >= 11 is 1.78. The van der Waals surface area contributed by atoms with E-state index in [-0.39, 0.29) is 0 Å². The van der Waals surface area contributed by atoms with Gasteiger partial charge in [0, 0.05) is 38.1 Å². The maximum atomic E-state index is 4.48. The zero-order valence-electron chi connectivity index (χ0n) is 14.6. The third kappa shape index (κ3) is 3.33. The van der Waals surface area contributed by atoms with Gasteiger partial charge in [0.25, 0.3) is 0 Å². The fraction of sp³-hybridized carbons (Fsp3) is 0.579. The molecular weight excluding hydrogens is 316 g/mol. The van der Waals surface area contributed by atoms with Gasteiger partial charge < -0.3 is 4.90 Å². The molecule has 0 unspecified atom stereocenters. The van der Waals surface area contributed by atoms with Gasteiger partial charge in [0.2, 0.25) is 5.13 Å². The van der Waals surface area contributed by atoms with Gasteiger partial charge in [0.1, 0.15) is 5.01 Å². The minimum Gasteiger partial charge on any atom is -0.345 e. The molecule has 5 rings (SSSR count). The molecule has 5 heteroatoms. The van der Waals surface area contributed by atoms with E-state index in [1.807, 2.05) is 0 Å². The minimum absolute atomic E-state index is 0.467. The van der Waals surface area contributed by atoms with Gasteiger partial charge in [-0.3, -0.25) is 4.90 Å². The van der Waals surface area contributed by atoms with Gasteiger partial charge in [-0.25, -0.2) is 0 Å². The van der Waals surface area contributed by atoms with E-state index in [1.54, 1.807) is 11.3 Å². The Bertz CT molecular complexity index is 669. The fourth-order valence-electron chi connectivity index (χ4n) is 3.93. The first-order valence-corrected chi connectivity index (χ1v) is 9.87. The lowest BCUT2D eigenvalue weighted by molar-refractivity contribution is 0.126. The first-order valence-electron chi connectivity index (χ1n) is 9.05. The summed E-state index contributed by atoms with van der Waals surface area (Å²) in [5.74, 6) is 1.22. The van der Waals surface area contributed by atoms with E-state index < -0.39 is 0 Å². The number of rotatable bonds is 4. The van der Waals surface area contributed by atoms with E-state index in [1.165, 1.54) is 24.9 Å². The molecule has 2 atom stereocenters. The van der Waals surface area contributed by atoms with E-state index in [0.29, 0.717) is 12.0 Å². The molecule has 4 heterocycles. The van der Waals surface area contributed by atoms with Crippen molar-refractivity contribution in [3.63, 3.8) is 0 Å². The zero-order chi connectivity index (χ0) is 16.5. The van der Waals surface area contributed by atoms with Gasteiger partial charge in [0.05, 0.1) is 0 Å². The fourth-order valence-corrected chi connectivity index (χ4v) is 4.80. The number of piperidine rings is 1. The highest BCUT2D eigenvalue weighted by molar-refractivity contribution is 7.15. The summed E-state index contributed by atoms with van der Waals surface area (Å²) in [7, 11) is 0. The van der Waals surface area contributed by atoms with Crippen molar-refractivity contribution in [2.45, 2.75) is 45.2 Å². The summed E-state index contributed by atoms with van der Waals surface area (Å²) in [5.41, 5.74) is 1.43. The lowest BCUT2D eigenvalue weighted by Crippen LogP contribution is -2.43. The Kier molecular flexibility index (Phi) is 4.55. The van der Waals surface area contributed by atoms with Crippen molar-refractivity contribution in [3.05, 3.63) is 40.9 Å². The molecule has 1 aromatic heterocycles. The van der Waals surface area contributed by atoms with Crippen molar-refractivity contribution in [1.29, 1.82) is 0 Å². The molecule has 0 amide bonds. The molecule has 2 bridgehead atoms. The van der Waals surface area contributed by atoms with Crippen LogP contribution in [0.15, 0.2) is 30.3 Å². The smallest absolute Gasteiger partial charge is 0.208 e. The van der Waals surface area contributed by atoms with Crippen LogP contribution in [0.4, 0.5) is 5.13 Å². The molecule has 0 aliphatic carbocycles. The predicted octanol–water partition coefficient (Wildman–Crippen LogP) is 3.76. The third-order valence-corrected chi connectivity index (χ3v) is 6.53. The number of aromatic nitrogens is 2. The molecule has 1 aromatic carbocycles. The largest absolute Gasteiger partial charge is 0.345 e. The summed E-state index contributed by atoms with van der Waals surface area (Å²) in [6, 6.07) is 11.5. The number of hydrogen-bond acceptors (Lipinski definition) is 5. The van der Waals surface area contributed by atoms with Crippen molar-refractivity contribution in [1.82, 2.24) is 15.1 Å². The number of anilines is 1. The normalized spacial score (nSPS) is 24.5. The SMILES string of the molecule is CC(C)c1nnc(N2C[C@@H]3CC[C@H](C2)N(Cc2ccccc2)C3)s1. The highest BCUT2D eigenvalue weighted by Gasteiger charge is 2.35. The average molecular weight is 343 g/mol. The minimum atomic E-state index is 0.467. The van der Waals surface area contributed by atoms with Crippen LogP contribution in [-0.4, -0.2) is 40.8 Å². The summed E-state index contributed by atoms with van der Waals surface area (Å²) in [5, 5.41) is 11.2. The molecule has 3 saturated heterocycles. The second-order valence-corrected chi connectivity index (χ2v) is 8.48. The molecule has 2 aromatic rings. The van der Waals surface area contributed by atoms with E-state index in [0.717, 1.165) is 35.7 Å². The van der Waals surface area contributed by atoms with Gasteiger partial charge in [-0.15, -0.1) is 10.2 Å². The van der Waals surface area contributed by atoms with Crippen LogP contribution in [0, 0.1) is 5.92 Å². The molecule has 128 valence electrons. The summed E-state index contributed by atoms with van der Waals surface area (Å²) in [6.07, 6.45) is 2.66. The highest BCUT2D eigenvalue weighted by Crippen LogP contribution is 2.33. The molecular formula is C19H26N4S. The van der Waals surface area contributed by atoms with Gasteiger partial charge in [-0.05, 0) is 24.3 Å². The van der Waals surface area contributed by atoms with Crippen molar-refractivity contribution in [2.24, 2.45) is 5.92 Å². The van der Waals surface area contributed by atoms with Crippen molar-refractivity contribution in [3.8, 4) is 0 Å². The van der Waals surface area contributed by atoms with Gasteiger partial charge >= 0.3 is 0 Å². The predicted molar refractivity (Wildman–Crippen MR) is 99.6 cm³/mol. The van der Waals surface area contributed by atoms with Crippen LogP contribution in [0.5, 0.6) is 0 Å². The first-order chi connectivity index (χ1) is 11.7. The average Bonchev–Trinajstić information content (AvgIpc) is 2.92. The number of hydrogen-bond donors (Lipinski definition) is 0. The highest BCUT2D eigenvalue weighted by atomic mass is 32.1. The van der Waals surface area contributed by atoms with Crippen LogP contribution in [0.1, 0.15) is 43.2 Å². The molecule has 3 fully saturated rings. The first kappa shape index (κ1) is 16.0. The topological polar surface area (TPSA) is 32.3 Å². The third-order valence-electron chi connectivity index (χ3n) is 5.25. The number of fused-ring (bicyclic) bond motifs is 4. The Morgan fingerprint density at radius 1 is 1.08 bits per heavy atom. The van der Waals surface area contributed by atoms with Crippen LogP contribution in [-0.2, 0) is 6.54 Å². The standard InChI is InChI=1S/C19H26N4S/c1-14(2)18-20-21-19(24-18)23-12-16-8-9-17(13-23)22(11-16)10-15-6-4-3-5-7-15/h3-7,14,16-17H,8-13H2,1-2H3/t16-,17-/m1/s1. The van der Waals surface area contributed by atoms with Gasteiger partial charge in [0.15, 0.2) is 0 Å². The Morgan fingerprint density at radius 3 is 2.67 bits per heavy atom. The van der Waals surface area contributed by atoms with Crippen molar-refractivity contribution >= 4 is 16.5 Å². The second-order valence-electron chi connectivity index (χ2n) is 7.49. The van der Waals surface area contributed by atoms with E-state index in [9.17, 15) is 0 Å². The zero-order valence-corrected chi connectivity index (χ0v) is 15.4. The van der Waals surface area contributed by atoms with E-state index in [4.69, 9.17) is 0 Å². The van der Waals surface area contributed by atoms with Crippen molar-refractivity contribution < 1.29 is 0 Å². The summed E-state index contributed by atoms with van der Waals surface area (Å²) in [4.78, 5) is 5.19. The van der Waals surface area contributed by atoms with E-state index in [2.05, 4.69) is 64.2 Å². The Hall–Kier alpha value is -1.46. The second kappa shape index (κ2) is 6.81. The maximum Gasteiger partial charge on any atom is 0.208 e. The Morgan fingerprint density at radius 2 is 1.92 bits per heavy atom. The molecule has 24 heavy (non-hydrogen) atoms. The molecule has 0 radical (unpaired) electrons. The van der Waals surface area contributed by atoms with E-state index >= 15 is 0 Å². The lowest BCUT2D eigenvalue weighted by Gasteiger charge is -2.36. The van der Waals surface area contributed by atoms with Gasteiger partial charge in [-0.2, -0.15) is 0 Å². The summed E-state index contributed by atoms with van der Waals surface area (Å²) in [6.45, 7) is 8.90. The van der Waals surface area contributed by atoms with Crippen LogP contribution < -0.4 is 4.90 Å². The molecule has 4 nitrogen and oxygen atoms in total. The lowest BCUT2D eigenvalue weighted by atomic mass is 9.94. The molecule has 3 aliphatic heterocycles. The monoisotopic (exact) mass is 342 g/mol. The molecule has 0 N–H and O–H groups in total.